The van der Waals surface area contributed by atoms with E-state index in [1.54, 1.807) is 18.0 Å². The molecule has 0 aromatic heterocycles. The van der Waals surface area contributed by atoms with Crippen LogP contribution >= 0.6 is 0 Å². The Bertz CT molecular complexity index is 607. The number of hydrogen-bond donors (Lipinski definition) is 0. The predicted octanol–water partition coefficient (Wildman–Crippen LogP) is 1.56. The molecule has 0 radical (unpaired) electrons. The maximum atomic E-state index is 12.3. The summed E-state index contributed by atoms with van der Waals surface area (Å²) in [6.07, 6.45) is 0.537. The van der Waals surface area contributed by atoms with Crippen molar-refractivity contribution in [2.24, 2.45) is 0 Å². The summed E-state index contributed by atoms with van der Waals surface area (Å²) in [6.45, 7) is 3.96. The van der Waals surface area contributed by atoms with Crippen molar-refractivity contribution >= 4 is 15.7 Å². The Kier molecular flexibility index (Phi) is 3.67. The second-order valence-corrected chi connectivity index (χ2v) is 7.50. The molecule has 1 saturated heterocycles. The van der Waals surface area contributed by atoms with Gasteiger partial charge in [-0.15, -0.1) is 0 Å². The predicted molar refractivity (Wildman–Crippen MR) is 75.1 cm³/mol. The third-order valence-electron chi connectivity index (χ3n) is 3.83. The van der Waals surface area contributed by atoms with Crippen LogP contribution in [-0.2, 0) is 9.84 Å². The van der Waals surface area contributed by atoms with Crippen LogP contribution in [0.5, 0.6) is 0 Å². The van der Waals surface area contributed by atoms with E-state index in [9.17, 15) is 13.2 Å². The third kappa shape index (κ3) is 2.97. The number of nitrogens with zero attached hydrogens (tertiary/aromatic N) is 1. The van der Waals surface area contributed by atoms with E-state index in [1.807, 2.05) is 26.0 Å². The summed E-state index contributed by atoms with van der Waals surface area (Å²) in [5, 5.41) is 0. The average Bonchev–Trinajstić information content (AvgIpc) is 2.71. The van der Waals surface area contributed by atoms with Gasteiger partial charge in [0.25, 0.3) is 5.91 Å². The van der Waals surface area contributed by atoms with Crippen molar-refractivity contribution in [3.8, 4) is 0 Å². The lowest BCUT2D eigenvalue weighted by Crippen LogP contribution is -2.37. The average molecular weight is 281 g/mol. The van der Waals surface area contributed by atoms with Crippen LogP contribution in [0.25, 0.3) is 0 Å². The molecule has 5 heteroatoms. The van der Waals surface area contributed by atoms with Gasteiger partial charge in [0.05, 0.1) is 11.5 Å². The molecule has 4 nitrogen and oxygen atoms in total. The van der Waals surface area contributed by atoms with Crippen LogP contribution < -0.4 is 0 Å². The molecule has 104 valence electrons. The van der Waals surface area contributed by atoms with Crippen molar-refractivity contribution < 1.29 is 13.2 Å². The third-order valence-corrected chi connectivity index (χ3v) is 5.58. The number of amides is 1. The van der Waals surface area contributed by atoms with Crippen molar-refractivity contribution in [1.82, 2.24) is 4.90 Å². The normalized spacial score (nSPS) is 21.3. The Morgan fingerprint density at radius 1 is 1.26 bits per heavy atom. The Hall–Kier alpha value is -1.36. The molecule has 1 atom stereocenters. The van der Waals surface area contributed by atoms with Crippen LogP contribution in [0.4, 0.5) is 0 Å². The van der Waals surface area contributed by atoms with E-state index in [2.05, 4.69) is 0 Å². The fourth-order valence-electron chi connectivity index (χ4n) is 2.32. The molecule has 1 aromatic rings. The fourth-order valence-corrected chi connectivity index (χ4v) is 4.10. The summed E-state index contributed by atoms with van der Waals surface area (Å²) in [7, 11) is -1.28. The first-order valence-electron chi connectivity index (χ1n) is 6.35. The van der Waals surface area contributed by atoms with Crippen molar-refractivity contribution in [1.29, 1.82) is 0 Å². The van der Waals surface area contributed by atoms with Gasteiger partial charge in [0.1, 0.15) is 0 Å². The minimum atomic E-state index is -2.96. The van der Waals surface area contributed by atoms with Crippen molar-refractivity contribution in [3.05, 3.63) is 34.9 Å². The van der Waals surface area contributed by atoms with Crippen LogP contribution in [0.15, 0.2) is 18.2 Å². The highest BCUT2D eigenvalue weighted by atomic mass is 32.2. The van der Waals surface area contributed by atoms with Crippen molar-refractivity contribution in [3.63, 3.8) is 0 Å². The summed E-state index contributed by atoms with van der Waals surface area (Å²) < 4.78 is 22.9. The van der Waals surface area contributed by atoms with Crippen LogP contribution in [0.2, 0.25) is 0 Å². The highest BCUT2D eigenvalue weighted by molar-refractivity contribution is 7.91. The smallest absolute Gasteiger partial charge is 0.253 e. The van der Waals surface area contributed by atoms with Crippen molar-refractivity contribution in [2.45, 2.75) is 26.3 Å². The Morgan fingerprint density at radius 3 is 2.47 bits per heavy atom. The van der Waals surface area contributed by atoms with E-state index >= 15 is 0 Å². The topological polar surface area (TPSA) is 54.5 Å². The summed E-state index contributed by atoms with van der Waals surface area (Å²) in [6, 6.07) is 5.38. The molecule has 0 bridgehead atoms. The number of sulfone groups is 1. The molecular formula is C14H19NO3S. The molecular weight excluding hydrogens is 262 g/mol. The standard InChI is InChI=1S/C14H19NO3S/c1-10-4-5-12(8-11(10)2)14(16)15(3)13-6-7-19(17,18)9-13/h4-5,8,13H,6-7,9H2,1-3H3. The van der Waals surface area contributed by atoms with Gasteiger partial charge in [-0.2, -0.15) is 0 Å². The van der Waals surface area contributed by atoms with E-state index in [1.165, 1.54) is 0 Å². The molecule has 2 rings (SSSR count). The monoisotopic (exact) mass is 281 g/mol. The Balaban J connectivity index is 2.17. The van der Waals surface area contributed by atoms with Crippen LogP contribution in [0.3, 0.4) is 0 Å². The van der Waals surface area contributed by atoms with Gasteiger partial charge in [0.2, 0.25) is 0 Å². The van der Waals surface area contributed by atoms with Gasteiger partial charge in [-0.3, -0.25) is 4.79 Å². The van der Waals surface area contributed by atoms with Gasteiger partial charge in [-0.25, -0.2) is 8.42 Å². The molecule has 19 heavy (non-hydrogen) atoms. The molecule has 0 saturated carbocycles. The first-order chi connectivity index (χ1) is 8.80. The van der Waals surface area contributed by atoms with Gasteiger partial charge >= 0.3 is 0 Å². The maximum absolute atomic E-state index is 12.3. The van der Waals surface area contributed by atoms with Gasteiger partial charge < -0.3 is 4.90 Å². The lowest BCUT2D eigenvalue weighted by molar-refractivity contribution is 0.0747. The highest BCUT2D eigenvalue weighted by Gasteiger charge is 2.33. The Morgan fingerprint density at radius 2 is 1.95 bits per heavy atom. The van der Waals surface area contributed by atoms with Gasteiger partial charge in [0, 0.05) is 18.7 Å². The first kappa shape index (κ1) is 14.1. The second-order valence-electron chi connectivity index (χ2n) is 5.27. The highest BCUT2D eigenvalue weighted by Crippen LogP contribution is 2.19. The lowest BCUT2D eigenvalue weighted by Gasteiger charge is -2.23. The van der Waals surface area contributed by atoms with Gasteiger partial charge in [0.15, 0.2) is 9.84 Å². The van der Waals surface area contributed by atoms with E-state index in [0.717, 1.165) is 11.1 Å². The Labute approximate surface area is 114 Å². The lowest BCUT2D eigenvalue weighted by atomic mass is 10.1. The largest absolute Gasteiger partial charge is 0.338 e. The quantitative estimate of drug-likeness (QED) is 0.826. The molecule has 1 aromatic carbocycles. The summed E-state index contributed by atoms with van der Waals surface area (Å²) in [4.78, 5) is 13.9. The van der Waals surface area contributed by atoms with E-state index < -0.39 is 9.84 Å². The molecule has 1 amide bonds. The van der Waals surface area contributed by atoms with Crippen molar-refractivity contribution in [2.75, 3.05) is 18.6 Å². The maximum Gasteiger partial charge on any atom is 0.253 e. The number of benzene rings is 1. The summed E-state index contributed by atoms with van der Waals surface area (Å²) in [5.41, 5.74) is 2.83. The molecule has 1 aliphatic heterocycles. The molecule has 0 aliphatic carbocycles. The number of carbonyl (C=O) groups excluding carboxylic acids is 1. The van der Waals surface area contributed by atoms with Crippen LogP contribution in [-0.4, -0.2) is 43.8 Å². The fraction of sp³-hybridized carbons (Fsp3) is 0.500. The zero-order chi connectivity index (χ0) is 14.2. The van der Waals surface area contributed by atoms with E-state index in [-0.39, 0.29) is 23.5 Å². The summed E-state index contributed by atoms with van der Waals surface area (Å²) in [5.74, 6) is 0.160. The SMILES string of the molecule is Cc1ccc(C(=O)N(C)C2CCS(=O)(=O)C2)cc1C. The van der Waals surface area contributed by atoms with E-state index in [0.29, 0.717) is 12.0 Å². The molecule has 0 N–H and O–H groups in total. The number of rotatable bonds is 2. The zero-order valence-electron chi connectivity index (χ0n) is 11.5. The minimum absolute atomic E-state index is 0.0834. The number of hydrogen-bond acceptors (Lipinski definition) is 3. The van der Waals surface area contributed by atoms with Crippen LogP contribution in [0, 0.1) is 13.8 Å². The molecule has 0 spiro atoms. The molecule has 1 fully saturated rings. The molecule has 1 unspecified atom stereocenters. The summed E-state index contributed by atoms with van der Waals surface area (Å²) >= 11 is 0. The van der Waals surface area contributed by atoms with Crippen LogP contribution in [0.1, 0.15) is 27.9 Å². The first-order valence-corrected chi connectivity index (χ1v) is 8.17. The minimum Gasteiger partial charge on any atom is -0.338 e. The van der Waals surface area contributed by atoms with Gasteiger partial charge in [-0.05, 0) is 43.5 Å². The molecule has 1 heterocycles. The zero-order valence-corrected chi connectivity index (χ0v) is 12.3. The van der Waals surface area contributed by atoms with E-state index in [4.69, 9.17) is 0 Å². The number of aryl methyl sites for hydroxylation is 2. The molecule has 1 aliphatic rings. The number of carbonyl (C=O) groups is 1. The second kappa shape index (κ2) is 4.96. The van der Waals surface area contributed by atoms with Gasteiger partial charge in [-0.1, -0.05) is 6.07 Å².